The number of nitriles is 1. The molecule has 1 aliphatic carbocycles. The van der Waals surface area contributed by atoms with Crippen molar-refractivity contribution in [2.75, 3.05) is 12.0 Å². The standard InChI is InChI=1S/C30H25N7O2/c1-39-24-14-12-21(13-15-24)28-29(34-26-16-25(35-37(26)30(28)38)20-8-4-2-5-9-20)36(23-10-6-3-7-11-23)27-19-32-22(17-31)18-33-27/h2-6,8-9,12-16,18-19,23,34H,7,10-11H2,1H3. The molecule has 9 heteroatoms. The maximum Gasteiger partial charge on any atom is 0.284 e. The number of H-pyrrole nitrogens is 1. The molecule has 9 nitrogen and oxygen atoms in total. The predicted molar refractivity (Wildman–Crippen MR) is 149 cm³/mol. The second-order valence-electron chi connectivity index (χ2n) is 9.25. The maximum atomic E-state index is 14.2. The second-order valence-corrected chi connectivity index (χ2v) is 9.25. The van der Waals surface area contributed by atoms with E-state index in [1.165, 1.54) is 10.7 Å². The Labute approximate surface area is 224 Å². The Balaban J connectivity index is 1.62. The molecule has 39 heavy (non-hydrogen) atoms. The van der Waals surface area contributed by atoms with E-state index in [9.17, 15) is 10.1 Å². The van der Waals surface area contributed by atoms with Crippen molar-refractivity contribution in [2.24, 2.45) is 0 Å². The molecule has 0 fully saturated rings. The van der Waals surface area contributed by atoms with Crippen molar-refractivity contribution in [3.63, 3.8) is 0 Å². The molecule has 6 rings (SSSR count). The van der Waals surface area contributed by atoms with Gasteiger partial charge in [0, 0.05) is 17.7 Å². The van der Waals surface area contributed by atoms with Crippen LogP contribution in [0.1, 0.15) is 25.0 Å². The highest BCUT2D eigenvalue weighted by atomic mass is 16.5. The van der Waals surface area contributed by atoms with E-state index < -0.39 is 0 Å². The van der Waals surface area contributed by atoms with E-state index in [2.05, 4.69) is 32.2 Å². The molecule has 0 aliphatic heterocycles. The summed E-state index contributed by atoms with van der Waals surface area (Å²) < 4.78 is 6.77. The minimum absolute atomic E-state index is 0.0175. The number of hydrogen-bond acceptors (Lipinski definition) is 7. The maximum absolute atomic E-state index is 14.2. The van der Waals surface area contributed by atoms with E-state index in [0.717, 1.165) is 24.8 Å². The number of hydrogen-bond donors (Lipinski definition) is 1. The van der Waals surface area contributed by atoms with Crippen LogP contribution in [-0.2, 0) is 0 Å². The summed E-state index contributed by atoms with van der Waals surface area (Å²) in [6.45, 7) is 0. The SMILES string of the molecule is COc1ccc(-c2c(N(c3cnc(C#N)cn3)C3CC=CCC3)[nH]c3cc(-c4ccccc4)nn3c2=O)cc1. The molecule has 0 amide bonds. The largest absolute Gasteiger partial charge is 0.497 e. The summed E-state index contributed by atoms with van der Waals surface area (Å²) in [6, 6.07) is 21.1. The molecule has 0 saturated heterocycles. The van der Waals surface area contributed by atoms with Gasteiger partial charge in [-0.05, 0) is 37.0 Å². The van der Waals surface area contributed by atoms with Gasteiger partial charge < -0.3 is 14.6 Å². The Morgan fingerprint density at radius 2 is 1.87 bits per heavy atom. The van der Waals surface area contributed by atoms with Crippen molar-refractivity contribution >= 4 is 17.3 Å². The molecular weight excluding hydrogens is 490 g/mol. The van der Waals surface area contributed by atoms with Crippen molar-refractivity contribution in [1.29, 1.82) is 5.26 Å². The molecule has 1 atom stereocenters. The lowest BCUT2D eigenvalue weighted by Gasteiger charge is -2.34. The zero-order valence-corrected chi connectivity index (χ0v) is 21.3. The summed E-state index contributed by atoms with van der Waals surface area (Å²) in [4.78, 5) is 28.6. The second kappa shape index (κ2) is 10.3. The van der Waals surface area contributed by atoms with Gasteiger partial charge >= 0.3 is 0 Å². The van der Waals surface area contributed by atoms with Gasteiger partial charge in [0.1, 0.15) is 23.3 Å². The molecular formula is C30H25N7O2. The topological polar surface area (TPSA) is 112 Å². The number of nitrogens with one attached hydrogen (secondary N) is 1. The minimum atomic E-state index is -0.260. The number of nitrogens with zero attached hydrogens (tertiary/aromatic N) is 6. The number of allylic oxidation sites excluding steroid dienone is 1. The van der Waals surface area contributed by atoms with Crippen molar-refractivity contribution in [3.05, 3.63) is 101 Å². The Hall–Kier alpha value is -5.23. The number of methoxy groups -OCH3 is 1. The predicted octanol–water partition coefficient (Wildman–Crippen LogP) is 5.27. The fraction of sp³-hybridized carbons (Fsp3) is 0.167. The summed E-state index contributed by atoms with van der Waals surface area (Å²) in [6.07, 6.45) is 9.89. The van der Waals surface area contributed by atoms with Crippen LogP contribution in [0.3, 0.4) is 0 Å². The average Bonchev–Trinajstić information content (AvgIpc) is 3.44. The zero-order valence-electron chi connectivity index (χ0n) is 21.3. The molecule has 0 spiro atoms. The van der Waals surface area contributed by atoms with Crippen LogP contribution in [0.25, 0.3) is 28.0 Å². The van der Waals surface area contributed by atoms with E-state index in [0.29, 0.717) is 39.9 Å². The van der Waals surface area contributed by atoms with Crippen molar-refractivity contribution < 1.29 is 4.74 Å². The molecule has 3 heterocycles. The molecule has 1 unspecified atom stereocenters. The van der Waals surface area contributed by atoms with Gasteiger partial charge in [-0.1, -0.05) is 54.6 Å². The summed E-state index contributed by atoms with van der Waals surface area (Å²) in [7, 11) is 1.61. The summed E-state index contributed by atoms with van der Waals surface area (Å²) in [5, 5.41) is 13.9. The normalized spacial score (nSPS) is 14.7. The molecule has 0 saturated carbocycles. The first-order valence-corrected chi connectivity index (χ1v) is 12.7. The van der Waals surface area contributed by atoms with Gasteiger partial charge in [-0.3, -0.25) is 4.79 Å². The van der Waals surface area contributed by atoms with Gasteiger partial charge in [0.25, 0.3) is 5.56 Å². The van der Waals surface area contributed by atoms with Crippen LogP contribution in [-0.4, -0.2) is 37.7 Å². The van der Waals surface area contributed by atoms with E-state index in [1.54, 1.807) is 13.3 Å². The van der Waals surface area contributed by atoms with Crippen molar-refractivity contribution in [3.8, 4) is 34.2 Å². The van der Waals surface area contributed by atoms with Gasteiger partial charge in [0.05, 0.1) is 30.8 Å². The number of anilines is 2. The Morgan fingerprint density at radius 1 is 1.05 bits per heavy atom. The summed E-state index contributed by atoms with van der Waals surface area (Å²) in [5.41, 5.74) is 3.29. The van der Waals surface area contributed by atoms with Gasteiger partial charge in [-0.2, -0.15) is 14.9 Å². The monoisotopic (exact) mass is 515 g/mol. The van der Waals surface area contributed by atoms with Crippen LogP contribution in [0, 0.1) is 11.3 Å². The van der Waals surface area contributed by atoms with Gasteiger partial charge in [0.2, 0.25) is 0 Å². The summed E-state index contributed by atoms with van der Waals surface area (Å²) >= 11 is 0. The third-order valence-electron chi connectivity index (χ3n) is 6.89. The van der Waals surface area contributed by atoms with Gasteiger partial charge in [-0.25, -0.2) is 9.97 Å². The summed E-state index contributed by atoms with van der Waals surface area (Å²) in [5.74, 6) is 1.83. The highest BCUT2D eigenvalue weighted by Gasteiger charge is 2.29. The zero-order chi connectivity index (χ0) is 26.8. The number of benzene rings is 2. The molecule has 0 bridgehead atoms. The highest BCUT2D eigenvalue weighted by molar-refractivity contribution is 5.81. The first kappa shape index (κ1) is 24.1. The number of aromatic nitrogens is 5. The number of ether oxygens (including phenoxy) is 1. The third kappa shape index (κ3) is 4.53. The fourth-order valence-electron chi connectivity index (χ4n) is 4.96. The van der Waals surface area contributed by atoms with Gasteiger partial charge in [0.15, 0.2) is 11.5 Å². The molecule has 1 N–H and O–H groups in total. The third-order valence-corrected chi connectivity index (χ3v) is 6.89. The highest BCUT2D eigenvalue weighted by Crippen LogP contribution is 2.36. The fourth-order valence-corrected chi connectivity index (χ4v) is 4.96. The lowest BCUT2D eigenvalue weighted by molar-refractivity contribution is 0.415. The minimum Gasteiger partial charge on any atom is -0.497 e. The van der Waals surface area contributed by atoms with Crippen LogP contribution in [0.4, 0.5) is 11.6 Å². The molecule has 2 aromatic carbocycles. The van der Waals surface area contributed by atoms with Crippen LogP contribution < -0.4 is 15.2 Å². The average molecular weight is 516 g/mol. The number of rotatable bonds is 6. The Kier molecular flexibility index (Phi) is 6.35. The van der Waals surface area contributed by atoms with Gasteiger partial charge in [-0.15, -0.1) is 0 Å². The Morgan fingerprint density at radius 3 is 2.54 bits per heavy atom. The van der Waals surface area contributed by atoms with E-state index in [4.69, 9.17) is 4.74 Å². The lowest BCUT2D eigenvalue weighted by atomic mass is 9.99. The molecule has 3 aromatic heterocycles. The number of fused-ring (bicyclic) bond motifs is 1. The van der Waals surface area contributed by atoms with E-state index in [1.807, 2.05) is 71.6 Å². The molecule has 0 radical (unpaired) electrons. The van der Waals surface area contributed by atoms with Crippen LogP contribution in [0.15, 0.2) is 90.0 Å². The molecule has 5 aromatic rings. The molecule has 192 valence electrons. The van der Waals surface area contributed by atoms with Crippen LogP contribution in [0.5, 0.6) is 5.75 Å². The van der Waals surface area contributed by atoms with Crippen molar-refractivity contribution in [2.45, 2.75) is 25.3 Å². The van der Waals surface area contributed by atoms with Crippen LogP contribution in [0.2, 0.25) is 0 Å². The lowest BCUT2D eigenvalue weighted by Crippen LogP contribution is -2.35. The molecule has 1 aliphatic rings. The van der Waals surface area contributed by atoms with E-state index in [-0.39, 0.29) is 17.3 Å². The smallest absolute Gasteiger partial charge is 0.284 e. The Bertz CT molecular complexity index is 1750. The first-order chi connectivity index (χ1) is 19.2. The van der Waals surface area contributed by atoms with E-state index >= 15 is 0 Å². The number of aromatic amines is 1. The quantitative estimate of drug-likeness (QED) is 0.306. The first-order valence-electron chi connectivity index (χ1n) is 12.7. The van der Waals surface area contributed by atoms with Crippen LogP contribution >= 0.6 is 0 Å². The van der Waals surface area contributed by atoms with Crippen molar-refractivity contribution in [1.82, 2.24) is 24.6 Å².